The van der Waals surface area contributed by atoms with Crippen LogP contribution >= 0.6 is 0 Å². The van der Waals surface area contributed by atoms with Crippen LogP contribution in [-0.4, -0.2) is 80.8 Å². The fraction of sp³-hybridized carbons (Fsp3) is 0.667. The van der Waals surface area contributed by atoms with E-state index in [1.165, 1.54) is 16.8 Å². The number of nitrogens with zero attached hydrogens (tertiary/aromatic N) is 3. The highest BCUT2D eigenvalue weighted by Gasteiger charge is 2.28. The lowest BCUT2D eigenvalue weighted by Crippen LogP contribution is -2.45. The molecule has 0 bridgehead atoms. The molecule has 1 saturated heterocycles. The fourth-order valence-electron chi connectivity index (χ4n) is 4.28. The van der Waals surface area contributed by atoms with E-state index < -0.39 is 11.7 Å². The van der Waals surface area contributed by atoms with E-state index >= 15 is 0 Å². The molecule has 3 rings (SSSR count). The van der Waals surface area contributed by atoms with E-state index in [0.29, 0.717) is 32.5 Å². The molecule has 0 aromatic heterocycles. The van der Waals surface area contributed by atoms with E-state index in [1.807, 2.05) is 25.7 Å². The van der Waals surface area contributed by atoms with Crippen LogP contribution in [0.1, 0.15) is 44.7 Å². The largest absolute Gasteiger partial charge is 0.496 e. The van der Waals surface area contributed by atoms with Gasteiger partial charge in [-0.3, -0.25) is 4.79 Å². The van der Waals surface area contributed by atoms with Crippen LogP contribution in [0, 0.1) is 0 Å². The summed E-state index contributed by atoms with van der Waals surface area (Å²) in [7, 11) is 3.86. The average molecular weight is 447 g/mol. The summed E-state index contributed by atoms with van der Waals surface area (Å²) in [5.74, 6) is 1.03. The first kappa shape index (κ1) is 24.2. The quantitative estimate of drug-likeness (QED) is 0.678. The highest BCUT2D eigenvalue weighted by atomic mass is 16.6. The maximum Gasteiger partial charge on any atom is 0.407 e. The SMILES string of the molecule is COc1ccc(N2CCN(C)CC2)c2c1CCN(C(=O)CCCNC(=O)OC(C)(C)C)C2. The molecule has 1 fully saturated rings. The van der Waals surface area contributed by atoms with Crippen LogP contribution in [0.3, 0.4) is 0 Å². The van der Waals surface area contributed by atoms with Gasteiger partial charge in [-0.1, -0.05) is 0 Å². The van der Waals surface area contributed by atoms with Crippen LogP contribution in [0.25, 0.3) is 0 Å². The zero-order valence-electron chi connectivity index (χ0n) is 20.2. The number of rotatable bonds is 6. The predicted molar refractivity (Wildman–Crippen MR) is 125 cm³/mol. The van der Waals surface area contributed by atoms with Crippen LogP contribution in [0.5, 0.6) is 5.75 Å². The predicted octanol–water partition coefficient (Wildman–Crippen LogP) is 2.64. The van der Waals surface area contributed by atoms with Gasteiger partial charge >= 0.3 is 6.09 Å². The summed E-state index contributed by atoms with van der Waals surface area (Å²) in [6, 6.07) is 4.20. The van der Waals surface area contributed by atoms with Crippen molar-refractivity contribution in [3.63, 3.8) is 0 Å². The van der Waals surface area contributed by atoms with Crippen molar-refractivity contribution >= 4 is 17.7 Å². The lowest BCUT2D eigenvalue weighted by molar-refractivity contribution is -0.132. The molecule has 0 spiro atoms. The zero-order valence-corrected chi connectivity index (χ0v) is 20.2. The number of alkyl carbamates (subject to hydrolysis) is 1. The molecule has 2 aliphatic heterocycles. The smallest absolute Gasteiger partial charge is 0.407 e. The second kappa shape index (κ2) is 10.4. The van der Waals surface area contributed by atoms with Gasteiger partial charge in [-0.25, -0.2) is 4.79 Å². The standard InChI is InChI=1S/C24H38N4O4/c1-24(2,3)32-23(30)25-11-6-7-22(29)28-12-10-18-19(17-28)20(8-9-21(18)31-5)27-15-13-26(4)14-16-27/h8-9H,6-7,10-17H2,1-5H3,(H,25,30). The van der Waals surface area contributed by atoms with Crippen molar-refractivity contribution in [1.82, 2.24) is 15.1 Å². The Morgan fingerprint density at radius 3 is 2.44 bits per heavy atom. The minimum atomic E-state index is -0.524. The number of nitrogens with one attached hydrogen (secondary N) is 1. The zero-order chi connectivity index (χ0) is 23.3. The monoisotopic (exact) mass is 446 g/mol. The van der Waals surface area contributed by atoms with Crippen molar-refractivity contribution in [1.29, 1.82) is 0 Å². The van der Waals surface area contributed by atoms with Crippen molar-refractivity contribution < 1.29 is 19.1 Å². The normalized spacial score (nSPS) is 17.0. The molecule has 0 unspecified atom stereocenters. The van der Waals surface area contributed by atoms with E-state index in [2.05, 4.69) is 34.3 Å². The van der Waals surface area contributed by atoms with E-state index in [0.717, 1.165) is 38.3 Å². The minimum Gasteiger partial charge on any atom is -0.496 e. The summed E-state index contributed by atoms with van der Waals surface area (Å²) in [5.41, 5.74) is 3.13. The topological polar surface area (TPSA) is 74.4 Å². The molecule has 1 aromatic rings. The number of benzene rings is 1. The molecular weight excluding hydrogens is 408 g/mol. The summed E-state index contributed by atoms with van der Waals surface area (Å²) in [5, 5.41) is 2.72. The molecule has 0 atom stereocenters. The third kappa shape index (κ3) is 6.28. The van der Waals surface area contributed by atoms with Crippen LogP contribution in [0.4, 0.5) is 10.5 Å². The van der Waals surface area contributed by atoms with Gasteiger partial charge in [-0.15, -0.1) is 0 Å². The van der Waals surface area contributed by atoms with Gasteiger partial charge in [0.25, 0.3) is 0 Å². The first-order valence-corrected chi connectivity index (χ1v) is 11.5. The number of hydrogen-bond acceptors (Lipinski definition) is 6. The van der Waals surface area contributed by atoms with Gasteiger partial charge in [0.15, 0.2) is 0 Å². The Hall–Kier alpha value is -2.48. The van der Waals surface area contributed by atoms with Crippen molar-refractivity contribution in [2.45, 2.75) is 52.2 Å². The number of methoxy groups -OCH3 is 1. The molecule has 1 N–H and O–H groups in total. The van der Waals surface area contributed by atoms with Gasteiger partial charge in [-0.05, 0) is 52.8 Å². The van der Waals surface area contributed by atoms with Crippen molar-refractivity contribution in [3.8, 4) is 5.75 Å². The summed E-state index contributed by atoms with van der Waals surface area (Å²) >= 11 is 0. The highest BCUT2D eigenvalue weighted by Crippen LogP contribution is 2.36. The Balaban J connectivity index is 1.60. The first-order chi connectivity index (χ1) is 15.2. The van der Waals surface area contributed by atoms with Gasteiger partial charge in [0.1, 0.15) is 11.4 Å². The number of fused-ring (bicyclic) bond motifs is 1. The molecule has 2 aliphatic rings. The van der Waals surface area contributed by atoms with Crippen LogP contribution in [0.2, 0.25) is 0 Å². The lowest BCUT2D eigenvalue weighted by atomic mass is 9.95. The average Bonchev–Trinajstić information content (AvgIpc) is 2.75. The molecule has 1 aromatic carbocycles. The number of hydrogen-bond donors (Lipinski definition) is 1. The third-order valence-electron chi connectivity index (χ3n) is 6.00. The lowest BCUT2D eigenvalue weighted by Gasteiger charge is -2.38. The van der Waals surface area contributed by atoms with Crippen molar-refractivity contribution in [3.05, 3.63) is 23.3 Å². The summed E-state index contributed by atoms with van der Waals surface area (Å²) in [4.78, 5) is 31.4. The Morgan fingerprint density at radius 1 is 1.06 bits per heavy atom. The first-order valence-electron chi connectivity index (χ1n) is 11.5. The van der Waals surface area contributed by atoms with Crippen LogP contribution in [0.15, 0.2) is 12.1 Å². The number of likely N-dealkylation sites (N-methyl/N-ethyl adjacent to an activating group) is 1. The molecule has 2 amide bonds. The maximum atomic E-state index is 12.9. The van der Waals surface area contributed by atoms with Gasteiger partial charge < -0.3 is 29.5 Å². The number of ether oxygens (including phenoxy) is 2. The number of anilines is 1. The molecular formula is C24H38N4O4. The molecule has 178 valence electrons. The second-order valence-electron chi connectivity index (χ2n) is 9.63. The van der Waals surface area contributed by atoms with Gasteiger partial charge in [0.2, 0.25) is 5.91 Å². The van der Waals surface area contributed by atoms with Crippen LogP contribution < -0.4 is 15.0 Å². The Bertz CT molecular complexity index is 813. The Kier molecular flexibility index (Phi) is 7.87. The minimum absolute atomic E-state index is 0.119. The maximum absolute atomic E-state index is 12.9. The van der Waals surface area contributed by atoms with E-state index in [4.69, 9.17) is 9.47 Å². The number of carbonyl (C=O) groups is 2. The second-order valence-corrected chi connectivity index (χ2v) is 9.63. The molecule has 0 radical (unpaired) electrons. The molecule has 2 heterocycles. The Morgan fingerprint density at radius 2 is 1.78 bits per heavy atom. The number of carbonyl (C=O) groups excluding carboxylic acids is 2. The molecule has 0 saturated carbocycles. The van der Waals surface area contributed by atoms with Gasteiger partial charge in [0, 0.05) is 69.0 Å². The van der Waals surface area contributed by atoms with Gasteiger partial charge in [-0.2, -0.15) is 0 Å². The van der Waals surface area contributed by atoms with Gasteiger partial charge in [0.05, 0.1) is 7.11 Å². The fourth-order valence-corrected chi connectivity index (χ4v) is 4.28. The van der Waals surface area contributed by atoms with E-state index in [1.54, 1.807) is 7.11 Å². The summed E-state index contributed by atoms with van der Waals surface area (Å²) < 4.78 is 10.9. The third-order valence-corrected chi connectivity index (χ3v) is 6.00. The van der Waals surface area contributed by atoms with Crippen LogP contribution in [-0.2, 0) is 22.5 Å². The summed E-state index contributed by atoms with van der Waals surface area (Å²) in [6.07, 6.45) is 1.34. The summed E-state index contributed by atoms with van der Waals surface area (Å²) in [6.45, 7) is 11.2. The molecule has 8 heteroatoms. The number of amides is 2. The van der Waals surface area contributed by atoms with E-state index in [-0.39, 0.29) is 5.91 Å². The number of piperazine rings is 1. The Labute approximate surface area is 191 Å². The molecule has 8 nitrogen and oxygen atoms in total. The van der Waals surface area contributed by atoms with Crippen molar-refractivity contribution in [2.75, 3.05) is 58.3 Å². The highest BCUT2D eigenvalue weighted by molar-refractivity contribution is 5.77. The van der Waals surface area contributed by atoms with Crippen molar-refractivity contribution in [2.24, 2.45) is 0 Å². The molecule has 32 heavy (non-hydrogen) atoms. The van der Waals surface area contributed by atoms with E-state index in [9.17, 15) is 9.59 Å². The molecule has 0 aliphatic carbocycles.